The Bertz CT molecular complexity index is 1480. The quantitative estimate of drug-likeness (QED) is 0.378. The van der Waals surface area contributed by atoms with Crippen LogP contribution in [0.25, 0.3) is 10.1 Å². The Morgan fingerprint density at radius 2 is 1.94 bits per heavy atom. The summed E-state index contributed by atoms with van der Waals surface area (Å²) in [5, 5.41) is 4.48. The highest BCUT2D eigenvalue weighted by Crippen LogP contribution is 2.46. The summed E-state index contributed by atoms with van der Waals surface area (Å²) in [5.41, 5.74) is 1.20. The molecule has 3 heterocycles. The molecular formula is C21H18ClN3O6S2. The Labute approximate surface area is 198 Å². The van der Waals surface area contributed by atoms with E-state index in [1.165, 1.54) is 11.3 Å². The molecule has 1 aliphatic rings. The lowest BCUT2D eigenvalue weighted by Crippen LogP contribution is -2.13. The van der Waals surface area contributed by atoms with E-state index in [1.54, 1.807) is 31.2 Å². The maximum atomic E-state index is 13.5. The van der Waals surface area contributed by atoms with Gasteiger partial charge in [-0.25, -0.2) is 13.1 Å². The van der Waals surface area contributed by atoms with Crippen LogP contribution in [-0.2, 0) is 10.0 Å². The molecule has 0 saturated heterocycles. The number of nitrogens with one attached hydrogen (secondary N) is 1. The Balaban J connectivity index is 1.64. The summed E-state index contributed by atoms with van der Waals surface area (Å²) in [6.45, 7) is 1.73. The van der Waals surface area contributed by atoms with Gasteiger partial charge in [0.25, 0.3) is 15.9 Å². The van der Waals surface area contributed by atoms with Crippen LogP contribution < -0.4 is 23.8 Å². The molecule has 4 aromatic rings. The van der Waals surface area contributed by atoms with Crippen LogP contribution in [0.1, 0.15) is 5.69 Å². The fraction of sp³-hybridized carbons (Fsp3) is 0.190. The average molecular weight is 508 g/mol. The van der Waals surface area contributed by atoms with Gasteiger partial charge in [-0.2, -0.15) is 0 Å². The van der Waals surface area contributed by atoms with Crippen LogP contribution in [0.15, 0.2) is 45.8 Å². The second-order valence-corrected chi connectivity index (χ2v) is 10.4. The van der Waals surface area contributed by atoms with Gasteiger partial charge >= 0.3 is 0 Å². The second kappa shape index (κ2) is 8.01. The average Bonchev–Trinajstić information content (AvgIpc) is 3.46. The number of sulfonamides is 1. The first-order valence-corrected chi connectivity index (χ1v) is 12.4. The summed E-state index contributed by atoms with van der Waals surface area (Å²) < 4.78 is 52.0. The van der Waals surface area contributed by atoms with Crippen LogP contribution >= 0.6 is 22.9 Å². The van der Waals surface area contributed by atoms with E-state index in [2.05, 4.69) is 9.88 Å². The first kappa shape index (κ1) is 21.7. The third kappa shape index (κ3) is 3.92. The van der Waals surface area contributed by atoms with Crippen molar-refractivity contribution < 1.29 is 27.2 Å². The predicted octanol–water partition coefficient (Wildman–Crippen LogP) is 5.24. The van der Waals surface area contributed by atoms with Gasteiger partial charge in [0.2, 0.25) is 11.9 Å². The number of benzene rings is 2. The Kier molecular flexibility index (Phi) is 5.26. The summed E-state index contributed by atoms with van der Waals surface area (Å²) in [6, 6.07) is 10.6. The highest BCUT2D eigenvalue weighted by atomic mass is 35.5. The molecule has 12 heteroatoms. The molecule has 0 spiro atoms. The van der Waals surface area contributed by atoms with Crippen molar-refractivity contribution in [1.82, 2.24) is 5.16 Å². The summed E-state index contributed by atoms with van der Waals surface area (Å²) >= 11 is 7.35. The zero-order valence-electron chi connectivity index (χ0n) is 17.7. The number of rotatable bonds is 6. The second-order valence-electron chi connectivity index (χ2n) is 7.43. The highest BCUT2D eigenvalue weighted by molar-refractivity contribution is 7.93. The molecule has 2 aromatic heterocycles. The molecule has 0 amide bonds. The SMILES string of the molecule is Cc1noc(NS(=O)(=O)c2c(Oc3ccc4c(c3)OCO4)sc3ccc(N(C)C)cc23)c1Cl. The van der Waals surface area contributed by atoms with E-state index in [1.807, 2.05) is 31.1 Å². The molecule has 33 heavy (non-hydrogen) atoms. The van der Waals surface area contributed by atoms with Gasteiger partial charge in [-0.05, 0) is 37.3 Å². The molecule has 172 valence electrons. The van der Waals surface area contributed by atoms with Gasteiger partial charge in [-0.15, -0.1) is 0 Å². The Hall–Kier alpha value is -3.15. The van der Waals surface area contributed by atoms with Crippen molar-refractivity contribution in [3.63, 3.8) is 0 Å². The van der Waals surface area contributed by atoms with Gasteiger partial charge < -0.3 is 23.6 Å². The number of hydrogen-bond donors (Lipinski definition) is 1. The molecule has 0 radical (unpaired) electrons. The molecule has 0 saturated carbocycles. The van der Waals surface area contributed by atoms with Crippen molar-refractivity contribution >= 4 is 54.6 Å². The summed E-state index contributed by atoms with van der Waals surface area (Å²) in [4.78, 5) is 1.85. The molecule has 1 N–H and O–H groups in total. The minimum absolute atomic E-state index is 0.0333. The normalized spacial score (nSPS) is 12.8. The molecule has 0 fully saturated rings. The molecule has 1 aliphatic heterocycles. The van der Waals surface area contributed by atoms with Crippen molar-refractivity contribution in [2.75, 3.05) is 30.5 Å². The monoisotopic (exact) mass is 507 g/mol. The maximum Gasteiger partial charge on any atom is 0.269 e. The molecule has 0 aliphatic carbocycles. The number of fused-ring (bicyclic) bond motifs is 2. The number of aromatic nitrogens is 1. The zero-order chi connectivity index (χ0) is 23.3. The highest BCUT2D eigenvalue weighted by Gasteiger charge is 2.30. The van der Waals surface area contributed by atoms with Crippen LogP contribution in [0.5, 0.6) is 22.3 Å². The van der Waals surface area contributed by atoms with E-state index >= 15 is 0 Å². The van der Waals surface area contributed by atoms with Crippen LogP contribution in [0.2, 0.25) is 5.02 Å². The number of ether oxygens (including phenoxy) is 3. The van der Waals surface area contributed by atoms with Crippen molar-refractivity contribution in [2.45, 2.75) is 11.8 Å². The van der Waals surface area contributed by atoms with Crippen LogP contribution in [0.4, 0.5) is 11.6 Å². The Morgan fingerprint density at radius 1 is 1.15 bits per heavy atom. The minimum Gasteiger partial charge on any atom is -0.454 e. The summed E-state index contributed by atoms with van der Waals surface area (Å²) in [7, 11) is -0.416. The van der Waals surface area contributed by atoms with E-state index in [9.17, 15) is 8.42 Å². The van der Waals surface area contributed by atoms with Gasteiger partial charge in [0.1, 0.15) is 21.4 Å². The minimum atomic E-state index is -4.17. The molecular weight excluding hydrogens is 490 g/mol. The Morgan fingerprint density at radius 3 is 2.67 bits per heavy atom. The maximum absolute atomic E-state index is 13.5. The largest absolute Gasteiger partial charge is 0.454 e. The molecule has 0 unspecified atom stereocenters. The molecule has 2 aromatic carbocycles. The molecule has 0 atom stereocenters. The fourth-order valence-electron chi connectivity index (χ4n) is 3.28. The number of thiophene rings is 1. The van der Waals surface area contributed by atoms with Gasteiger partial charge in [0.15, 0.2) is 11.5 Å². The van der Waals surface area contributed by atoms with Crippen molar-refractivity contribution in [3.05, 3.63) is 47.1 Å². The van der Waals surface area contributed by atoms with Crippen molar-refractivity contribution in [2.24, 2.45) is 0 Å². The van der Waals surface area contributed by atoms with Crippen LogP contribution in [0.3, 0.4) is 0 Å². The molecule has 0 bridgehead atoms. The third-order valence-corrected chi connectivity index (χ3v) is 7.97. The van der Waals surface area contributed by atoms with Crippen molar-refractivity contribution in [1.29, 1.82) is 0 Å². The molecule has 9 nitrogen and oxygen atoms in total. The fourth-order valence-corrected chi connectivity index (χ4v) is 6.13. The first-order valence-electron chi connectivity index (χ1n) is 9.69. The zero-order valence-corrected chi connectivity index (χ0v) is 20.1. The third-order valence-electron chi connectivity index (χ3n) is 4.95. The van der Waals surface area contributed by atoms with Crippen molar-refractivity contribution in [3.8, 4) is 22.3 Å². The van der Waals surface area contributed by atoms with Crippen LogP contribution in [-0.4, -0.2) is 34.5 Å². The number of halogens is 1. The summed E-state index contributed by atoms with van der Waals surface area (Å²) in [6.07, 6.45) is 0. The topological polar surface area (TPSA) is 103 Å². The number of anilines is 2. The number of hydrogen-bond acceptors (Lipinski definition) is 9. The van der Waals surface area contributed by atoms with E-state index in [4.69, 9.17) is 30.3 Å². The lowest BCUT2D eigenvalue weighted by molar-refractivity contribution is 0.174. The molecule has 5 rings (SSSR count). The van der Waals surface area contributed by atoms with Gasteiger partial charge in [0, 0.05) is 35.9 Å². The standard InChI is InChI=1S/C21H18ClN3O6S2/c1-11-18(22)20(31-23-11)24-33(26,27)19-14-8-12(25(2)3)4-7-17(14)32-21(19)30-13-5-6-15-16(9-13)29-10-28-15/h4-9,24H,10H2,1-3H3. The lowest BCUT2D eigenvalue weighted by Gasteiger charge is -2.13. The van der Waals surface area contributed by atoms with Gasteiger partial charge in [-0.1, -0.05) is 28.1 Å². The number of aryl methyl sites for hydroxylation is 1. The van der Waals surface area contributed by atoms with Gasteiger partial charge in [-0.3, -0.25) is 0 Å². The van der Waals surface area contributed by atoms with E-state index in [0.29, 0.717) is 28.3 Å². The van der Waals surface area contributed by atoms with E-state index in [0.717, 1.165) is 10.4 Å². The van der Waals surface area contributed by atoms with E-state index < -0.39 is 10.0 Å². The van der Waals surface area contributed by atoms with Gasteiger partial charge in [0.05, 0.1) is 0 Å². The van der Waals surface area contributed by atoms with E-state index in [-0.39, 0.29) is 27.7 Å². The first-order chi connectivity index (χ1) is 15.7. The summed E-state index contributed by atoms with van der Waals surface area (Å²) in [5.74, 6) is 1.36. The predicted molar refractivity (Wildman–Crippen MR) is 126 cm³/mol. The van der Waals surface area contributed by atoms with Crippen LogP contribution in [0, 0.1) is 6.92 Å². The smallest absolute Gasteiger partial charge is 0.269 e. The number of nitrogens with zero attached hydrogens (tertiary/aromatic N) is 2. The lowest BCUT2D eigenvalue weighted by atomic mass is 10.2.